The number of hydrogen-bond donors (Lipinski definition) is 0. The molecule has 0 atom stereocenters. The molecular weight excluding hydrogens is 400 g/mol. The average molecular weight is 420 g/mol. The third-order valence-electron chi connectivity index (χ3n) is 5.61. The van der Waals surface area contributed by atoms with Gasteiger partial charge in [-0.05, 0) is 41.5 Å². The van der Waals surface area contributed by atoms with Gasteiger partial charge in [-0.2, -0.15) is 0 Å². The zero-order chi connectivity index (χ0) is 22.1. The highest BCUT2D eigenvalue weighted by Gasteiger charge is 2.35. The first-order valence-corrected chi connectivity index (χ1v) is 10.4. The molecule has 1 amide bonds. The van der Waals surface area contributed by atoms with Crippen LogP contribution in [0.15, 0.2) is 96.2 Å². The van der Waals surface area contributed by atoms with Gasteiger partial charge in [0, 0.05) is 5.56 Å². The zero-order valence-corrected chi connectivity index (χ0v) is 17.5. The van der Waals surface area contributed by atoms with Crippen LogP contribution in [0.2, 0.25) is 0 Å². The quantitative estimate of drug-likeness (QED) is 0.334. The Hall–Kier alpha value is -4.25. The summed E-state index contributed by atoms with van der Waals surface area (Å²) in [7, 11) is 0. The van der Waals surface area contributed by atoms with Gasteiger partial charge >= 0.3 is 5.97 Å². The van der Waals surface area contributed by atoms with Crippen LogP contribution in [0.1, 0.15) is 27.0 Å². The molecule has 1 aliphatic heterocycles. The molecule has 156 valence electrons. The predicted octanol–water partition coefficient (Wildman–Crippen LogP) is 5.26. The minimum Gasteiger partial charge on any atom is -0.312 e. The van der Waals surface area contributed by atoms with Crippen molar-refractivity contribution >= 4 is 34.0 Å². The van der Waals surface area contributed by atoms with E-state index in [2.05, 4.69) is 23.4 Å². The highest BCUT2D eigenvalue weighted by molar-refractivity contribution is 6.54. The Morgan fingerprint density at radius 1 is 0.875 bits per heavy atom. The van der Waals surface area contributed by atoms with E-state index in [0.717, 1.165) is 27.6 Å². The first-order valence-electron chi connectivity index (χ1n) is 10.4. The Balaban J connectivity index is 1.46. The Kier molecular flexibility index (Phi) is 5.00. The number of benzene rings is 4. The first-order chi connectivity index (χ1) is 15.6. The van der Waals surface area contributed by atoms with Crippen LogP contribution in [0, 0.1) is 6.92 Å². The van der Waals surface area contributed by atoms with Crippen LogP contribution >= 0.6 is 0 Å². The maximum absolute atomic E-state index is 13.3. The highest BCUT2D eigenvalue weighted by Crippen LogP contribution is 2.32. The summed E-state index contributed by atoms with van der Waals surface area (Å²) in [6, 6.07) is 28.6. The van der Waals surface area contributed by atoms with E-state index < -0.39 is 5.97 Å². The molecule has 5 heteroatoms. The van der Waals surface area contributed by atoms with Gasteiger partial charge in [-0.3, -0.25) is 4.79 Å². The van der Waals surface area contributed by atoms with Crippen LogP contribution in [0.5, 0.6) is 0 Å². The van der Waals surface area contributed by atoms with Crippen molar-refractivity contribution in [3.05, 3.63) is 113 Å². The maximum Gasteiger partial charge on any atom is 0.365 e. The van der Waals surface area contributed by atoms with Crippen LogP contribution in [0.25, 0.3) is 10.8 Å². The van der Waals surface area contributed by atoms with Gasteiger partial charge in [0.15, 0.2) is 5.71 Å². The largest absolute Gasteiger partial charge is 0.365 e. The summed E-state index contributed by atoms with van der Waals surface area (Å²) in [6.45, 7) is 2.33. The Labute approximate surface area is 185 Å². The molecule has 5 nitrogen and oxygen atoms in total. The molecule has 0 saturated carbocycles. The summed E-state index contributed by atoms with van der Waals surface area (Å²) < 4.78 is 0. The fourth-order valence-corrected chi connectivity index (χ4v) is 3.94. The molecule has 32 heavy (non-hydrogen) atoms. The molecular formula is C27H20N2O3. The Morgan fingerprint density at radius 2 is 1.59 bits per heavy atom. The molecule has 0 aliphatic carbocycles. The first kappa shape index (κ1) is 19.7. The monoisotopic (exact) mass is 420 g/mol. The third-order valence-corrected chi connectivity index (χ3v) is 5.61. The SMILES string of the molecule is Cc1ccc(C(=O)ON=C2C(=O)N(Cc3cccc4ccccc34)c3ccccc32)cc1. The molecule has 1 aliphatic rings. The van der Waals surface area contributed by atoms with Gasteiger partial charge in [0.1, 0.15) is 0 Å². The second kappa shape index (κ2) is 8.12. The fraction of sp³-hybridized carbons (Fsp3) is 0.0741. The van der Waals surface area contributed by atoms with Gasteiger partial charge in [-0.1, -0.05) is 83.5 Å². The lowest BCUT2D eigenvalue weighted by molar-refractivity contribution is -0.112. The number of para-hydroxylation sites is 1. The van der Waals surface area contributed by atoms with Gasteiger partial charge in [0.05, 0.1) is 17.8 Å². The summed E-state index contributed by atoms with van der Waals surface area (Å²) >= 11 is 0. The molecule has 0 N–H and O–H groups in total. The fourth-order valence-electron chi connectivity index (χ4n) is 3.94. The number of nitrogens with zero attached hydrogens (tertiary/aromatic N) is 2. The van der Waals surface area contributed by atoms with Gasteiger partial charge in [0.25, 0.3) is 5.91 Å². The second-order valence-corrected chi connectivity index (χ2v) is 7.73. The van der Waals surface area contributed by atoms with Gasteiger partial charge in [-0.15, -0.1) is 0 Å². The number of amides is 1. The normalized spacial score (nSPS) is 14.1. The van der Waals surface area contributed by atoms with Crippen LogP contribution in [0.4, 0.5) is 5.69 Å². The Morgan fingerprint density at radius 3 is 2.44 bits per heavy atom. The van der Waals surface area contributed by atoms with E-state index in [9.17, 15) is 9.59 Å². The van der Waals surface area contributed by atoms with Gasteiger partial charge in [-0.25, -0.2) is 4.79 Å². The van der Waals surface area contributed by atoms with Crippen LogP contribution in [-0.2, 0) is 16.2 Å². The van der Waals surface area contributed by atoms with Crippen molar-refractivity contribution in [3.63, 3.8) is 0 Å². The predicted molar refractivity (Wildman–Crippen MR) is 125 cm³/mol. The summed E-state index contributed by atoms with van der Waals surface area (Å²) in [5.41, 5.74) is 3.97. The number of hydrogen-bond acceptors (Lipinski definition) is 4. The minimum absolute atomic E-state index is 0.126. The van der Waals surface area contributed by atoms with E-state index in [4.69, 9.17) is 4.84 Å². The molecule has 0 spiro atoms. The van der Waals surface area contributed by atoms with Crippen molar-refractivity contribution in [2.75, 3.05) is 4.90 Å². The number of oxime groups is 1. The van der Waals surface area contributed by atoms with Crippen LogP contribution in [0.3, 0.4) is 0 Å². The van der Waals surface area contributed by atoms with Crippen molar-refractivity contribution in [3.8, 4) is 0 Å². The lowest BCUT2D eigenvalue weighted by Crippen LogP contribution is -2.30. The summed E-state index contributed by atoms with van der Waals surface area (Å²) in [5, 5.41) is 6.18. The lowest BCUT2D eigenvalue weighted by Gasteiger charge is -2.18. The number of aryl methyl sites for hydroxylation is 1. The van der Waals surface area contributed by atoms with Crippen molar-refractivity contribution in [2.45, 2.75) is 13.5 Å². The molecule has 0 saturated heterocycles. The average Bonchev–Trinajstić information content (AvgIpc) is 3.09. The molecule has 0 radical (unpaired) electrons. The maximum atomic E-state index is 13.3. The van der Waals surface area contributed by atoms with E-state index in [1.807, 2.05) is 67.6 Å². The molecule has 0 fully saturated rings. The molecule has 4 aromatic rings. The van der Waals surface area contributed by atoms with Crippen LogP contribution < -0.4 is 4.90 Å². The van der Waals surface area contributed by atoms with E-state index in [1.54, 1.807) is 17.0 Å². The van der Waals surface area contributed by atoms with E-state index >= 15 is 0 Å². The van der Waals surface area contributed by atoms with Gasteiger partial charge < -0.3 is 9.74 Å². The molecule has 1 heterocycles. The van der Waals surface area contributed by atoms with E-state index in [-0.39, 0.29) is 11.6 Å². The number of rotatable bonds is 4. The highest BCUT2D eigenvalue weighted by atomic mass is 16.7. The zero-order valence-electron chi connectivity index (χ0n) is 17.5. The minimum atomic E-state index is -0.602. The number of carbonyl (C=O) groups is 2. The molecule has 0 aromatic heterocycles. The Bertz CT molecular complexity index is 1370. The van der Waals surface area contributed by atoms with E-state index in [1.165, 1.54) is 0 Å². The van der Waals surface area contributed by atoms with E-state index in [0.29, 0.717) is 17.7 Å². The molecule has 0 bridgehead atoms. The van der Waals surface area contributed by atoms with Gasteiger partial charge in [0.2, 0.25) is 0 Å². The third kappa shape index (κ3) is 3.54. The number of fused-ring (bicyclic) bond motifs is 2. The lowest BCUT2D eigenvalue weighted by atomic mass is 10.0. The number of carbonyl (C=O) groups excluding carboxylic acids is 2. The molecule has 4 aromatic carbocycles. The standard InChI is InChI=1S/C27H20N2O3/c1-18-13-15-20(16-14-18)27(31)32-28-25-23-11-4-5-12-24(23)29(26(25)30)17-21-9-6-8-19-7-2-3-10-22(19)21/h2-16H,17H2,1H3. The molecule has 5 rings (SSSR count). The molecule has 0 unspecified atom stereocenters. The van der Waals surface area contributed by atoms with Crippen LogP contribution in [-0.4, -0.2) is 17.6 Å². The smallest absolute Gasteiger partial charge is 0.312 e. The summed E-state index contributed by atoms with van der Waals surface area (Å²) in [4.78, 5) is 32.5. The van der Waals surface area contributed by atoms with Crippen molar-refractivity contribution in [1.29, 1.82) is 0 Å². The van der Waals surface area contributed by atoms with Crippen molar-refractivity contribution in [1.82, 2.24) is 0 Å². The number of anilines is 1. The van der Waals surface area contributed by atoms with Crippen molar-refractivity contribution < 1.29 is 14.4 Å². The summed E-state index contributed by atoms with van der Waals surface area (Å²) in [6.07, 6.45) is 0. The summed E-state index contributed by atoms with van der Waals surface area (Å²) in [5.74, 6) is -0.897. The topological polar surface area (TPSA) is 59.0 Å². The van der Waals surface area contributed by atoms with Crippen molar-refractivity contribution in [2.24, 2.45) is 5.16 Å². The second-order valence-electron chi connectivity index (χ2n) is 7.73.